The molecule has 2 heterocycles. The van der Waals surface area contributed by atoms with Crippen LogP contribution in [0.1, 0.15) is 32.0 Å². The van der Waals surface area contributed by atoms with E-state index in [2.05, 4.69) is 28.6 Å². The Morgan fingerprint density at radius 3 is 3.15 bits per heavy atom. The minimum atomic E-state index is 0.368. The standard InChI is InChI=1S/C9H15N3O/c1-3-12-6-10-11-9(12)8-4-7(2)13-5-8/h6-8H,3-5H2,1-2H3. The highest BCUT2D eigenvalue weighted by atomic mass is 16.5. The zero-order chi connectivity index (χ0) is 9.26. The summed E-state index contributed by atoms with van der Waals surface area (Å²) in [4.78, 5) is 0. The molecule has 0 N–H and O–H groups in total. The highest BCUT2D eigenvalue weighted by Crippen LogP contribution is 2.27. The Kier molecular flexibility index (Phi) is 2.31. The van der Waals surface area contributed by atoms with E-state index in [9.17, 15) is 0 Å². The summed E-state index contributed by atoms with van der Waals surface area (Å²) in [6.07, 6.45) is 3.23. The normalized spacial score (nSPS) is 28.2. The Balaban J connectivity index is 2.16. The second kappa shape index (κ2) is 3.46. The van der Waals surface area contributed by atoms with Crippen LogP contribution in [-0.2, 0) is 11.3 Å². The maximum atomic E-state index is 5.51. The van der Waals surface area contributed by atoms with E-state index in [0.717, 1.165) is 25.4 Å². The summed E-state index contributed by atoms with van der Waals surface area (Å²) >= 11 is 0. The van der Waals surface area contributed by atoms with Crippen molar-refractivity contribution in [2.45, 2.75) is 38.8 Å². The lowest BCUT2D eigenvalue weighted by Gasteiger charge is -2.07. The van der Waals surface area contributed by atoms with Gasteiger partial charge in [0, 0.05) is 12.5 Å². The number of rotatable bonds is 2. The van der Waals surface area contributed by atoms with Gasteiger partial charge in [-0.1, -0.05) is 0 Å². The monoisotopic (exact) mass is 181 g/mol. The predicted octanol–water partition coefficient (Wildman–Crippen LogP) is 1.19. The number of nitrogens with zero attached hydrogens (tertiary/aromatic N) is 3. The first-order valence-corrected chi connectivity index (χ1v) is 4.80. The van der Waals surface area contributed by atoms with Crippen LogP contribution < -0.4 is 0 Å². The SMILES string of the molecule is CCn1cnnc1C1COC(C)C1. The fraction of sp³-hybridized carbons (Fsp3) is 0.778. The van der Waals surface area contributed by atoms with E-state index < -0.39 is 0 Å². The van der Waals surface area contributed by atoms with Gasteiger partial charge in [0.25, 0.3) is 0 Å². The average molecular weight is 181 g/mol. The zero-order valence-electron chi connectivity index (χ0n) is 8.10. The van der Waals surface area contributed by atoms with Crippen LogP contribution in [0.5, 0.6) is 0 Å². The number of aryl methyl sites for hydroxylation is 1. The average Bonchev–Trinajstić information content (AvgIpc) is 2.71. The lowest BCUT2D eigenvalue weighted by molar-refractivity contribution is 0.123. The third-order valence-electron chi connectivity index (χ3n) is 2.55. The van der Waals surface area contributed by atoms with Gasteiger partial charge in [-0.3, -0.25) is 0 Å². The van der Waals surface area contributed by atoms with Crippen molar-refractivity contribution in [1.29, 1.82) is 0 Å². The summed E-state index contributed by atoms with van der Waals surface area (Å²) in [6, 6.07) is 0. The molecule has 1 fully saturated rings. The molecule has 13 heavy (non-hydrogen) atoms. The number of ether oxygens (including phenoxy) is 1. The van der Waals surface area contributed by atoms with Gasteiger partial charge in [-0.2, -0.15) is 0 Å². The number of hydrogen-bond donors (Lipinski definition) is 0. The van der Waals surface area contributed by atoms with Gasteiger partial charge in [0.15, 0.2) is 0 Å². The van der Waals surface area contributed by atoms with Crippen molar-refractivity contribution in [3.63, 3.8) is 0 Å². The molecule has 4 nitrogen and oxygen atoms in total. The zero-order valence-corrected chi connectivity index (χ0v) is 8.10. The molecule has 1 aromatic heterocycles. The predicted molar refractivity (Wildman–Crippen MR) is 48.5 cm³/mol. The molecule has 72 valence electrons. The van der Waals surface area contributed by atoms with Crippen molar-refractivity contribution >= 4 is 0 Å². The summed E-state index contributed by atoms with van der Waals surface area (Å²) in [6.45, 7) is 5.94. The molecule has 0 aliphatic carbocycles. The van der Waals surface area contributed by atoms with Crippen LogP contribution in [0.3, 0.4) is 0 Å². The van der Waals surface area contributed by atoms with Crippen molar-refractivity contribution in [2.24, 2.45) is 0 Å². The minimum absolute atomic E-state index is 0.368. The van der Waals surface area contributed by atoms with Crippen LogP contribution in [0.25, 0.3) is 0 Å². The quantitative estimate of drug-likeness (QED) is 0.688. The largest absolute Gasteiger partial charge is 0.378 e. The number of hydrogen-bond acceptors (Lipinski definition) is 3. The molecular formula is C9H15N3O. The maximum Gasteiger partial charge on any atom is 0.138 e. The molecule has 0 amide bonds. The third kappa shape index (κ3) is 1.58. The van der Waals surface area contributed by atoms with Gasteiger partial charge in [0.1, 0.15) is 12.2 Å². The summed E-state index contributed by atoms with van der Waals surface area (Å²) in [5.41, 5.74) is 0. The molecule has 0 aromatic carbocycles. The molecule has 1 aromatic rings. The van der Waals surface area contributed by atoms with E-state index in [1.165, 1.54) is 0 Å². The Morgan fingerprint density at radius 1 is 1.69 bits per heavy atom. The molecule has 2 rings (SSSR count). The van der Waals surface area contributed by atoms with Crippen molar-refractivity contribution < 1.29 is 4.74 Å². The van der Waals surface area contributed by atoms with E-state index in [4.69, 9.17) is 4.74 Å². The molecule has 2 atom stereocenters. The van der Waals surface area contributed by atoms with Gasteiger partial charge in [0.05, 0.1) is 12.7 Å². The fourth-order valence-electron chi connectivity index (χ4n) is 1.82. The highest BCUT2D eigenvalue weighted by molar-refractivity contribution is 4.99. The summed E-state index contributed by atoms with van der Waals surface area (Å²) in [5.74, 6) is 1.52. The maximum absolute atomic E-state index is 5.51. The molecule has 4 heteroatoms. The van der Waals surface area contributed by atoms with Gasteiger partial charge >= 0.3 is 0 Å². The van der Waals surface area contributed by atoms with Gasteiger partial charge < -0.3 is 9.30 Å². The summed E-state index contributed by atoms with van der Waals surface area (Å²) in [5, 5.41) is 8.06. The molecule has 0 radical (unpaired) electrons. The van der Waals surface area contributed by atoms with Crippen molar-refractivity contribution in [3.05, 3.63) is 12.2 Å². The van der Waals surface area contributed by atoms with Crippen LogP contribution in [0.15, 0.2) is 6.33 Å². The molecule has 0 bridgehead atoms. The van der Waals surface area contributed by atoms with Gasteiger partial charge in [0.2, 0.25) is 0 Å². The Labute approximate surface area is 77.9 Å². The lowest BCUT2D eigenvalue weighted by Crippen LogP contribution is -2.07. The smallest absolute Gasteiger partial charge is 0.138 e. The highest BCUT2D eigenvalue weighted by Gasteiger charge is 2.27. The fourth-order valence-corrected chi connectivity index (χ4v) is 1.82. The van der Waals surface area contributed by atoms with E-state index in [1.54, 1.807) is 6.33 Å². The van der Waals surface area contributed by atoms with E-state index >= 15 is 0 Å². The second-order valence-electron chi connectivity index (χ2n) is 3.55. The first-order chi connectivity index (χ1) is 6.31. The second-order valence-corrected chi connectivity index (χ2v) is 3.55. The Hall–Kier alpha value is -0.900. The molecule has 1 aliphatic heterocycles. The van der Waals surface area contributed by atoms with Crippen LogP contribution >= 0.6 is 0 Å². The minimum Gasteiger partial charge on any atom is -0.378 e. The van der Waals surface area contributed by atoms with Gasteiger partial charge in [-0.25, -0.2) is 0 Å². The van der Waals surface area contributed by atoms with Gasteiger partial charge in [-0.15, -0.1) is 10.2 Å². The summed E-state index contributed by atoms with van der Waals surface area (Å²) < 4.78 is 7.60. The van der Waals surface area contributed by atoms with Crippen molar-refractivity contribution in [2.75, 3.05) is 6.61 Å². The first-order valence-electron chi connectivity index (χ1n) is 4.80. The summed E-state index contributed by atoms with van der Waals surface area (Å²) in [7, 11) is 0. The van der Waals surface area contributed by atoms with Crippen LogP contribution in [-0.4, -0.2) is 27.5 Å². The molecular weight excluding hydrogens is 166 g/mol. The topological polar surface area (TPSA) is 39.9 Å². The third-order valence-corrected chi connectivity index (χ3v) is 2.55. The molecule has 2 unspecified atom stereocenters. The molecule has 1 saturated heterocycles. The Bertz CT molecular complexity index is 284. The van der Waals surface area contributed by atoms with Crippen LogP contribution in [0, 0.1) is 0 Å². The lowest BCUT2D eigenvalue weighted by atomic mass is 10.1. The van der Waals surface area contributed by atoms with E-state index in [-0.39, 0.29) is 0 Å². The van der Waals surface area contributed by atoms with E-state index in [0.29, 0.717) is 12.0 Å². The Morgan fingerprint density at radius 2 is 2.54 bits per heavy atom. The number of aromatic nitrogens is 3. The molecule has 1 aliphatic rings. The molecule has 0 spiro atoms. The van der Waals surface area contributed by atoms with Gasteiger partial charge in [-0.05, 0) is 20.3 Å². The van der Waals surface area contributed by atoms with Crippen molar-refractivity contribution in [3.8, 4) is 0 Å². The van der Waals surface area contributed by atoms with Crippen LogP contribution in [0.2, 0.25) is 0 Å². The van der Waals surface area contributed by atoms with Crippen LogP contribution in [0.4, 0.5) is 0 Å². The van der Waals surface area contributed by atoms with Crippen molar-refractivity contribution in [1.82, 2.24) is 14.8 Å². The van der Waals surface area contributed by atoms with E-state index in [1.807, 2.05) is 0 Å². The first kappa shape index (κ1) is 8.69. The molecule has 0 saturated carbocycles.